The maximum Gasteiger partial charge on any atom is 0.115 e. The fourth-order valence-corrected chi connectivity index (χ4v) is 4.64. The second-order valence-electron chi connectivity index (χ2n) is 8.19. The molecule has 3 aromatic carbocycles. The van der Waals surface area contributed by atoms with E-state index >= 15 is 0 Å². The second-order valence-corrected chi connectivity index (χ2v) is 8.63. The van der Waals surface area contributed by atoms with Gasteiger partial charge in [0.05, 0.1) is 6.10 Å². The van der Waals surface area contributed by atoms with E-state index in [9.17, 15) is 10.2 Å². The van der Waals surface area contributed by atoms with Crippen LogP contribution in [-0.2, 0) is 19.4 Å². The number of aromatic hydroxyl groups is 1. The minimum atomic E-state index is -0.612. The zero-order chi connectivity index (χ0) is 20.9. The monoisotopic (exact) mass is 421 g/mol. The van der Waals surface area contributed by atoms with Gasteiger partial charge in [0.25, 0.3) is 0 Å². The van der Waals surface area contributed by atoms with E-state index < -0.39 is 6.10 Å². The highest BCUT2D eigenvalue weighted by atomic mass is 35.5. The molecule has 3 aromatic rings. The first-order chi connectivity index (χ1) is 14.6. The quantitative estimate of drug-likeness (QED) is 0.514. The Morgan fingerprint density at radius 3 is 2.60 bits per heavy atom. The van der Waals surface area contributed by atoms with Gasteiger partial charge in [0.1, 0.15) is 5.75 Å². The number of aliphatic hydroxyl groups excluding tert-OH is 1. The molecule has 1 aliphatic rings. The Bertz CT molecular complexity index is 976. The summed E-state index contributed by atoms with van der Waals surface area (Å²) in [5.41, 5.74) is 4.61. The number of halogens is 1. The lowest BCUT2D eigenvalue weighted by atomic mass is 9.99. The van der Waals surface area contributed by atoms with Crippen LogP contribution in [0.3, 0.4) is 0 Å². The molecule has 4 rings (SSSR count). The fraction of sp³-hybridized carbons (Fsp3) is 0.308. The van der Waals surface area contributed by atoms with E-state index in [0.717, 1.165) is 37.8 Å². The van der Waals surface area contributed by atoms with E-state index in [0.29, 0.717) is 23.4 Å². The predicted molar refractivity (Wildman–Crippen MR) is 122 cm³/mol. The number of aliphatic hydroxyl groups is 1. The average molecular weight is 422 g/mol. The molecule has 0 aliphatic heterocycles. The van der Waals surface area contributed by atoms with Crippen molar-refractivity contribution in [2.45, 2.75) is 44.4 Å². The average Bonchev–Trinajstić information content (AvgIpc) is 2.96. The van der Waals surface area contributed by atoms with Gasteiger partial charge in [0.2, 0.25) is 0 Å². The Hall–Kier alpha value is -2.33. The van der Waals surface area contributed by atoms with Crippen LogP contribution in [0.25, 0.3) is 0 Å². The summed E-state index contributed by atoms with van der Waals surface area (Å²) in [7, 11) is 0. The summed E-state index contributed by atoms with van der Waals surface area (Å²) in [5.74, 6) is 0.322. The van der Waals surface area contributed by atoms with Gasteiger partial charge >= 0.3 is 0 Å². The number of fused-ring (bicyclic) bond motifs is 1. The molecule has 0 aromatic heterocycles. The molecular formula is C26H28ClNO2. The molecule has 3 nitrogen and oxygen atoms in total. The van der Waals surface area contributed by atoms with Crippen molar-refractivity contribution in [1.82, 2.24) is 4.90 Å². The molecule has 0 bridgehead atoms. The van der Waals surface area contributed by atoms with Gasteiger partial charge in [-0.05, 0) is 72.2 Å². The second kappa shape index (κ2) is 9.65. The van der Waals surface area contributed by atoms with E-state index in [1.54, 1.807) is 6.07 Å². The summed E-state index contributed by atoms with van der Waals surface area (Å²) in [4.78, 5) is 2.39. The largest absolute Gasteiger partial charge is 0.508 e. The molecule has 0 fully saturated rings. The topological polar surface area (TPSA) is 43.7 Å². The molecular weight excluding hydrogens is 394 g/mol. The summed E-state index contributed by atoms with van der Waals surface area (Å²) in [5, 5.41) is 21.6. The first-order valence-corrected chi connectivity index (χ1v) is 11.0. The lowest BCUT2D eigenvalue weighted by molar-refractivity contribution is 0.0778. The zero-order valence-electron chi connectivity index (χ0n) is 17.0. The lowest BCUT2D eigenvalue weighted by Crippen LogP contribution is -2.39. The van der Waals surface area contributed by atoms with E-state index in [1.165, 1.54) is 16.7 Å². The van der Waals surface area contributed by atoms with Crippen molar-refractivity contribution >= 4 is 11.6 Å². The van der Waals surface area contributed by atoms with E-state index in [-0.39, 0.29) is 0 Å². The summed E-state index contributed by atoms with van der Waals surface area (Å²) >= 11 is 6.15. The third kappa shape index (κ3) is 5.23. The number of nitrogens with zero attached hydrogens (tertiary/aromatic N) is 1. The van der Waals surface area contributed by atoms with Gasteiger partial charge in [0, 0.05) is 24.2 Å². The number of benzene rings is 3. The van der Waals surface area contributed by atoms with Crippen LogP contribution >= 0.6 is 11.6 Å². The van der Waals surface area contributed by atoms with Gasteiger partial charge in [0.15, 0.2) is 0 Å². The van der Waals surface area contributed by atoms with Crippen molar-refractivity contribution in [3.05, 3.63) is 100 Å². The molecule has 0 radical (unpaired) electrons. The van der Waals surface area contributed by atoms with Crippen molar-refractivity contribution in [1.29, 1.82) is 0 Å². The molecule has 2 atom stereocenters. The SMILES string of the molecule is Oc1ccc2c(c1)CC(N(Cc1ccccc1)CC(O)c1cccc(Cl)c1)CCC2. The zero-order valence-corrected chi connectivity index (χ0v) is 17.8. The van der Waals surface area contributed by atoms with Gasteiger partial charge < -0.3 is 10.2 Å². The molecule has 0 spiro atoms. The van der Waals surface area contributed by atoms with Crippen LogP contribution in [0.5, 0.6) is 5.75 Å². The van der Waals surface area contributed by atoms with Gasteiger partial charge in [-0.15, -0.1) is 0 Å². The molecule has 0 amide bonds. The minimum Gasteiger partial charge on any atom is -0.508 e. The molecule has 4 heteroatoms. The summed E-state index contributed by atoms with van der Waals surface area (Å²) < 4.78 is 0. The van der Waals surface area contributed by atoms with Crippen LogP contribution in [0.15, 0.2) is 72.8 Å². The van der Waals surface area contributed by atoms with Crippen molar-refractivity contribution in [2.75, 3.05) is 6.54 Å². The van der Waals surface area contributed by atoms with Crippen molar-refractivity contribution < 1.29 is 10.2 Å². The van der Waals surface area contributed by atoms with Crippen molar-refractivity contribution in [3.63, 3.8) is 0 Å². The number of hydrogen-bond donors (Lipinski definition) is 2. The molecule has 156 valence electrons. The first kappa shape index (κ1) is 20.9. The summed E-state index contributed by atoms with van der Waals surface area (Å²) in [6.07, 6.45) is 3.45. The summed E-state index contributed by atoms with van der Waals surface area (Å²) in [6, 6.07) is 23.9. The Balaban J connectivity index is 1.59. The van der Waals surface area contributed by atoms with Gasteiger partial charge in [-0.1, -0.05) is 60.1 Å². The third-order valence-electron chi connectivity index (χ3n) is 6.01. The van der Waals surface area contributed by atoms with Gasteiger partial charge in [-0.25, -0.2) is 0 Å². The highest BCUT2D eigenvalue weighted by Gasteiger charge is 2.25. The molecule has 0 saturated carbocycles. The highest BCUT2D eigenvalue weighted by molar-refractivity contribution is 6.30. The number of phenolic OH excluding ortho intramolecular Hbond substituents is 1. The van der Waals surface area contributed by atoms with Gasteiger partial charge in [-0.2, -0.15) is 0 Å². The Morgan fingerprint density at radius 2 is 1.80 bits per heavy atom. The van der Waals surface area contributed by atoms with E-state index in [2.05, 4.69) is 35.2 Å². The van der Waals surface area contributed by atoms with E-state index in [4.69, 9.17) is 11.6 Å². The number of hydrogen-bond acceptors (Lipinski definition) is 3. The molecule has 2 N–H and O–H groups in total. The molecule has 2 unspecified atom stereocenters. The highest BCUT2D eigenvalue weighted by Crippen LogP contribution is 2.29. The van der Waals surface area contributed by atoms with Gasteiger partial charge in [-0.3, -0.25) is 4.90 Å². The Labute approximate surface area is 183 Å². The van der Waals surface area contributed by atoms with E-state index in [1.807, 2.05) is 36.4 Å². The standard InChI is InChI=1S/C26H28ClNO2/c27-23-10-4-9-21(14-23)26(30)18-28(17-19-6-2-1-3-7-19)24-11-5-8-20-12-13-25(29)16-22(20)15-24/h1-4,6-7,9-10,12-14,16,24,26,29-30H,5,8,11,15,17-18H2. The Morgan fingerprint density at radius 1 is 0.967 bits per heavy atom. The summed E-state index contributed by atoms with van der Waals surface area (Å²) in [6.45, 7) is 1.31. The normalized spacial score (nSPS) is 17.4. The van der Waals surface area contributed by atoms with Crippen LogP contribution in [-0.4, -0.2) is 27.7 Å². The minimum absolute atomic E-state index is 0.294. The maximum atomic E-state index is 11.0. The number of aryl methyl sites for hydroxylation is 1. The maximum absolute atomic E-state index is 11.0. The van der Waals surface area contributed by atoms with Crippen LogP contribution in [0, 0.1) is 0 Å². The fourth-order valence-electron chi connectivity index (χ4n) is 4.44. The molecule has 30 heavy (non-hydrogen) atoms. The Kier molecular flexibility index (Phi) is 6.73. The van der Waals surface area contributed by atoms with Crippen LogP contribution < -0.4 is 0 Å². The predicted octanol–water partition coefficient (Wildman–Crippen LogP) is 5.53. The van der Waals surface area contributed by atoms with Crippen LogP contribution in [0.4, 0.5) is 0 Å². The van der Waals surface area contributed by atoms with Crippen molar-refractivity contribution in [2.24, 2.45) is 0 Å². The van der Waals surface area contributed by atoms with Crippen LogP contribution in [0.2, 0.25) is 5.02 Å². The third-order valence-corrected chi connectivity index (χ3v) is 6.25. The van der Waals surface area contributed by atoms with Crippen LogP contribution in [0.1, 0.15) is 41.2 Å². The number of rotatable bonds is 6. The smallest absolute Gasteiger partial charge is 0.115 e. The molecule has 0 saturated heterocycles. The molecule has 1 aliphatic carbocycles. The lowest BCUT2D eigenvalue weighted by Gasteiger charge is -2.33. The molecule has 0 heterocycles. The number of phenols is 1. The first-order valence-electron chi connectivity index (χ1n) is 10.6. The van der Waals surface area contributed by atoms with Crippen molar-refractivity contribution in [3.8, 4) is 5.75 Å².